The molecule has 8 heteroatoms. The van der Waals surface area contributed by atoms with Gasteiger partial charge in [0.15, 0.2) is 0 Å². The number of aromatic nitrogens is 2. The van der Waals surface area contributed by atoms with Gasteiger partial charge in [0.05, 0.1) is 6.54 Å². The largest absolute Gasteiger partial charge is 0.339 e. The topological polar surface area (TPSA) is 88.1 Å². The molecule has 0 saturated carbocycles. The molecule has 0 fully saturated rings. The Labute approximate surface area is 136 Å². The highest BCUT2D eigenvalue weighted by Gasteiger charge is 2.16. The fraction of sp³-hybridized carbons (Fsp3) is 0.333. The van der Waals surface area contributed by atoms with Gasteiger partial charge in [0.2, 0.25) is 5.91 Å². The van der Waals surface area contributed by atoms with Crippen LogP contribution in [0.3, 0.4) is 0 Å². The molecular weight excluding hydrogens is 316 g/mol. The maximum absolute atomic E-state index is 12.3. The average Bonchev–Trinajstić information content (AvgIpc) is 3.04. The van der Waals surface area contributed by atoms with Crippen molar-refractivity contribution in [3.8, 4) is 6.07 Å². The maximum Gasteiger partial charge on any atom is 0.331 e. The van der Waals surface area contributed by atoms with Crippen molar-refractivity contribution in [2.45, 2.75) is 26.6 Å². The van der Waals surface area contributed by atoms with Crippen LogP contribution in [0, 0.1) is 11.3 Å². The van der Waals surface area contributed by atoms with Gasteiger partial charge >= 0.3 is 5.69 Å². The fourth-order valence-electron chi connectivity index (χ4n) is 2.08. The molecule has 0 unspecified atom stereocenters. The fourth-order valence-corrected chi connectivity index (χ4v) is 2.83. The number of nitriles is 1. The van der Waals surface area contributed by atoms with Gasteiger partial charge in [-0.25, -0.2) is 9.36 Å². The molecule has 7 nitrogen and oxygen atoms in total. The summed E-state index contributed by atoms with van der Waals surface area (Å²) in [6, 6.07) is 5.55. The highest BCUT2D eigenvalue weighted by molar-refractivity contribution is 7.09. The summed E-state index contributed by atoms with van der Waals surface area (Å²) in [7, 11) is 1.61. The van der Waals surface area contributed by atoms with Crippen molar-refractivity contribution in [1.82, 2.24) is 14.0 Å². The molecule has 23 heavy (non-hydrogen) atoms. The molecule has 0 radical (unpaired) electrons. The summed E-state index contributed by atoms with van der Waals surface area (Å²) in [6.07, 6.45) is 1.22. The Balaban J connectivity index is 2.29. The lowest BCUT2D eigenvalue weighted by Gasteiger charge is -2.17. The minimum absolute atomic E-state index is 0.153. The van der Waals surface area contributed by atoms with Crippen LogP contribution in [0.15, 0.2) is 33.3 Å². The molecule has 0 spiro atoms. The average molecular weight is 332 g/mol. The van der Waals surface area contributed by atoms with E-state index in [0.29, 0.717) is 13.1 Å². The highest BCUT2D eigenvalue weighted by Crippen LogP contribution is 2.10. The van der Waals surface area contributed by atoms with Gasteiger partial charge in [-0.3, -0.25) is 14.2 Å². The normalized spacial score (nSPS) is 10.3. The third-order valence-electron chi connectivity index (χ3n) is 3.39. The minimum Gasteiger partial charge on any atom is -0.339 e. The number of hydrogen-bond acceptors (Lipinski definition) is 5. The lowest BCUT2D eigenvalue weighted by atomic mass is 10.3. The number of rotatable bonds is 5. The number of nitrogens with zero attached hydrogens (tertiary/aromatic N) is 4. The van der Waals surface area contributed by atoms with E-state index >= 15 is 0 Å². The van der Waals surface area contributed by atoms with Crippen molar-refractivity contribution in [1.29, 1.82) is 5.26 Å². The molecule has 0 bridgehead atoms. The summed E-state index contributed by atoms with van der Waals surface area (Å²) >= 11 is 1.52. The van der Waals surface area contributed by atoms with E-state index in [4.69, 9.17) is 5.26 Å². The van der Waals surface area contributed by atoms with Gasteiger partial charge in [-0.15, -0.1) is 11.3 Å². The summed E-state index contributed by atoms with van der Waals surface area (Å²) < 4.78 is 2.06. The second kappa shape index (κ2) is 7.07. The smallest absolute Gasteiger partial charge is 0.331 e. The van der Waals surface area contributed by atoms with Gasteiger partial charge < -0.3 is 4.90 Å². The van der Waals surface area contributed by atoms with E-state index in [1.54, 1.807) is 20.0 Å². The summed E-state index contributed by atoms with van der Waals surface area (Å²) in [5.74, 6) is -0.365. The number of hydrogen-bond donors (Lipinski definition) is 0. The van der Waals surface area contributed by atoms with Crippen LogP contribution in [-0.4, -0.2) is 27.0 Å². The molecule has 120 valence electrons. The number of carbonyl (C=O) groups is 1. The Bertz CT molecular complexity index is 858. The number of amides is 1. The molecule has 1 amide bonds. The van der Waals surface area contributed by atoms with Crippen LogP contribution in [-0.2, 0) is 24.4 Å². The van der Waals surface area contributed by atoms with Crippen LogP contribution in [0.1, 0.15) is 17.4 Å². The number of carbonyl (C=O) groups excluding carboxylic acids is 1. The van der Waals surface area contributed by atoms with Crippen LogP contribution >= 0.6 is 11.3 Å². The first-order valence-electron chi connectivity index (χ1n) is 6.98. The molecule has 2 heterocycles. The van der Waals surface area contributed by atoms with Gasteiger partial charge in [-0.1, -0.05) is 6.07 Å². The van der Waals surface area contributed by atoms with Crippen molar-refractivity contribution in [3.05, 3.63) is 55.0 Å². The zero-order chi connectivity index (χ0) is 17.0. The first-order chi connectivity index (χ1) is 11.0. The molecule has 0 N–H and O–H groups in total. The van der Waals surface area contributed by atoms with E-state index in [9.17, 15) is 14.4 Å². The van der Waals surface area contributed by atoms with Crippen molar-refractivity contribution in [2.24, 2.45) is 0 Å². The molecule has 0 saturated heterocycles. The maximum atomic E-state index is 12.3. The van der Waals surface area contributed by atoms with E-state index < -0.39 is 11.2 Å². The lowest BCUT2D eigenvalue weighted by Crippen LogP contribution is -2.44. The molecule has 0 aliphatic heterocycles. The van der Waals surface area contributed by atoms with Crippen molar-refractivity contribution < 1.29 is 4.79 Å². The Morgan fingerprint density at radius 1 is 1.43 bits per heavy atom. The highest BCUT2D eigenvalue weighted by atomic mass is 32.1. The third kappa shape index (κ3) is 3.57. The van der Waals surface area contributed by atoms with Gasteiger partial charge in [0.25, 0.3) is 5.56 Å². The molecule has 0 aromatic carbocycles. The monoisotopic (exact) mass is 332 g/mol. The first kappa shape index (κ1) is 16.7. The zero-order valence-electron chi connectivity index (χ0n) is 12.9. The minimum atomic E-state index is -0.736. The molecule has 0 atom stereocenters. The predicted octanol–water partition coefficient (Wildman–Crippen LogP) is 0.622. The van der Waals surface area contributed by atoms with Gasteiger partial charge in [-0.05, 0) is 18.4 Å². The van der Waals surface area contributed by atoms with Crippen LogP contribution in [0.5, 0.6) is 0 Å². The second-order valence-electron chi connectivity index (χ2n) is 4.94. The van der Waals surface area contributed by atoms with Crippen LogP contribution < -0.4 is 11.2 Å². The zero-order valence-corrected chi connectivity index (χ0v) is 13.7. The van der Waals surface area contributed by atoms with E-state index in [1.807, 2.05) is 17.5 Å². The Morgan fingerprint density at radius 2 is 2.17 bits per heavy atom. The van der Waals surface area contributed by atoms with Crippen molar-refractivity contribution in [3.63, 3.8) is 0 Å². The summed E-state index contributed by atoms with van der Waals surface area (Å²) in [5, 5.41) is 10.9. The van der Waals surface area contributed by atoms with Crippen LogP contribution in [0.4, 0.5) is 0 Å². The second-order valence-corrected chi connectivity index (χ2v) is 5.98. The molecule has 0 aliphatic carbocycles. The van der Waals surface area contributed by atoms with Crippen LogP contribution in [0.2, 0.25) is 0 Å². The number of aryl methyl sites for hydroxylation is 1. The summed E-state index contributed by atoms with van der Waals surface area (Å²) in [4.78, 5) is 39.1. The van der Waals surface area contributed by atoms with E-state index in [-0.39, 0.29) is 18.0 Å². The number of thiophene rings is 1. The molecular formula is C15H16N4O3S. The lowest BCUT2D eigenvalue weighted by molar-refractivity contribution is -0.131. The third-order valence-corrected chi connectivity index (χ3v) is 4.25. The predicted molar refractivity (Wildman–Crippen MR) is 86.1 cm³/mol. The van der Waals surface area contributed by atoms with Gasteiger partial charge in [-0.2, -0.15) is 5.26 Å². The standard InChI is InChI=1S/C15H16N4O3S/c1-3-18-8-11(7-16)14(21)19(15(18)22)10-13(20)17(2)9-12-5-4-6-23-12/h4-6,8H,3,9-10H2,1-2H3. The van der Waals surface area contributed by atoms with E-state index in [1.165, 1.54) is 27.0 Å². The summed E-state index contributed by atoms with van der Waals surface area (Å²) in [6.45, 7) is 2.06. The van der Waals surface area contributed by atoms with Crippen LogP contribution in [0.25, 0.3) is 0 Å². The molecule has 2 rings (SSSR count). The number of likely N-dealkylation sites (N-methyl/N-ethyl adjacent to an activating group) is 1. The Morgan fingerprint density at radius 3 is 2.74 bits per heavy atom. The van der Waals surface area contributed by atoms with Gasteiger partial charge in [0.1, 0.15) is 18.2 Å². The van der Waals surface area contributed by atoms with Crippen molar-refractivity contribution >= 4 is 17.2 Å². The van der Waals surface area contributed by atoms with Crippen molar-refractivity contribution in [2.75, 3.05) is 7.05 Å². The molecule has 2 aromatic rings. The molecule has 2 aromatic heterocycles. The first-order valence-corrected chi connectivity index (χ1v) is 7.86. The van der Waals surface area contributed by atoms with E-state index in [2.05, 4.69) is 0 Å². The Kier molecular flexibility index (Phi) is 5.13. The quantitative estimate of drug-likeness (QED) is 0.803. The van der Waals surface area contributed by atoms with E-state index in [0.717, 1.165) is 9.44 Å². The van der Waals surface area contributed by atoms with Gasteiger partial charge in [0, 0.05) is 24.7 Å². The Hall–Kier alpha value is -2.66. The molecule has 0 aliphatic rings. The SMILES string of the molecule is CCn1cc(C#N)c(=O)n(CC(=O)N(C)Cc2cccs2)c1=O. The summed E-state index contributed by atoms with van der Waals surface area (Å²) in [5.41, 5.74) is -1.48.